The maximum atomic E-state index is 5.27. The second kappa shape index (κ2) is 5.19. The standard InChI is InChI=1S/C5H16N3OPS/c1-4-9-10(11,8-6)7-5(2)3/h5H,4,6H2,1-3H3,(H2,7,8,11). The zero-order valence-electron chi connectivity index (χ0n) is 7.13. The lowest BCUT2D eigenvalue weighted by Crippen LogP contribution is -2.32. The molecule has 0 aliphatic carbocycles. The van der Waals surface area contributed by atoms with Crippen molar-refractivity contribution in [3.8, 4) is 0 Å². The summed E-state index contributed by atoms with van der Waals surface area (Å²) in [5.41, 5.74) is 0. The number of hydrogen-bond acceptors (Lipinski definition) is 3. The van der Waals surface area contributed by atoms with Gasteiger partial charge >= 0.3 is 0 Å². The van der Waals surface area contributed by atoms with E-state index in [0.29, 0.717) is 6.61 Å². The van der Waals surface area contributed by atoms with E-state index in [1.807, 2.05) is 20.8 Å². The lowest BCUT2D eigenvalue weighted by atomic mass is 10.4. The van der Waals surface area contributed by atoms with E-state index in [-0.39, 0.29) is 6.04 Å². The first-order valence-corrected chi connectivity index (χ1v) is 6.26. The van der Waals surface area contributed by atoms with Gasteiger partial charge in [0.15, 0.2) is 0 Å². The van der Waals surface area contributed by atoms with Gasteiger partial charge < -0.3 is 4.52 Å². The molecule has 0 aromatic carbocycles. The van der Waals surface area contributed by atoms with E-state index in [1.54, 1.807) is 0 Å². The minimum atomic E-state index is -2.15. The van der Waals surface area contributed by atoms with Crippen LogP contribution in [0, 0.1) is 0 Å². The average Bonchev–Trinajstić information content (AvgIpc) is 1.87. The van der Waals surface area contributed by atoms with Gasteiger partial charge in [0.25, 0.3) is 0 Å². The van der Waals surface area contributed by atoms with Crippen LogP contribution in [-0.4, -0.2) is 12.6 Å². The molecule has 1 atom stereocenters. The van der Waals surface area contributed by atoms with E-state index in [0.717, 1.165) is 0 Å². The maximum Gasteiger partial charge on any atom is 0.211 e. The zero-order valence-corrected chi connectivity index (χ0v) is 8.84. The third-order valence-electron chi connectivity index (χ3n) is 0.909. The molecule has 4 nitrogen and oxygen atoms in total. The Morgan fingerprint density at radius 3 is 2.45 bits per heavy atom. The molecule has 0 aromatic heterocycles. The van der Waals surface area contributed by atoms with Crippen molar-refractivity contribution in [2.75, 3.05) is 6.61 Å². The summed E-state index contributed by atoms with van der Waals surface area (Å²) in [4.78, 5) is 0. The quantitative estimate of drug-likeness (QED) is 0.344. The second-order valence-corrected chi connectivity index (χ2v) is 5.80. The fourth-order valence-electron chi connectivity index (χ4n) is 0.634. The van der Waals surface area contributed by atoms with Crippen LogP contribution in [0.4, 0.5) is 0 Å². The number of nitrogens with one attached hydrogen (secondary N) is 2. The minimum Gasteiger partial charge on any atom is -0.326 e. The molecule has 11 heavy (non-hydrogen) atoms. The van der Waals surface area contributed by atoms with Gasteiger partial charge in [0.05, 0.1) is 6.61 Å². The summed E-state index contributed by atoms with van der Waals surface area (Å²) in [6, 6.07) is 0.281. The third-order valence-corrected chi connectivity index (χ3v) is 3.68. The van der Waals surface area contributed by atoms with E-state index in [1.165, 1.54) is 0 Å². The average molecular weight is 197 g/mol. The summed E-state index contributed by atoms with van der Waals surface area (Å²) >= 11 is 5.12. The highest BCUT2D eigenvalue weighted by molar-refractivity contribution is 8.10. The number of hydrogen-bond donors (Lipinski definition) is 3. The number of nitrogens with two attached hydrogens (primary N) is 1. The Bertz CT molecular complexity index is 153. The highest BCUT2D eigenvalue weighted by Gasteiger charge is 2.14. The molecule has 0 saturated heterocycles. The van der Waals surface area contributed by atoms with Crippen molar-refractivity contribution < 1.29 is 4.52 Å². The van der Waals surface area contributed by atoms with Gasteiger partial charge in [0, 0.05) is 6.04 Å². The second-order valence-electron chi connectivity index (χ2n) is 2.38. The molecule has 0 rings (SSSR count). The molecule has 0 aliphatic heterocycles. The molecule has 0 fully saturated rings. The van der Waals surface area contributed by atoms with E-state index < -0.39 is 6.57 Å². The zero-order chi connectivity index (χ0) is 8.91. The molecule has 0 amide bonds. The first-order chi connectivity index (χ1) is 5.04. The van der Waals surface area contributed by atoms with Crippen LogP contribution in [0.5, 0.6) is 0 Å². The molecular formula is C5H16N3OPS. The summed E-state index contributed by atoms with van der Waals surface area (Å²) < 4.78 is 5.27. The van der Waals surface area contributed by atoms with E-state index >= 15 is 0 Å². The predicted molar refractivity (Wildman–Crippen MR) is 51.5 cm³/mol. The Morgan fingerprint density at radius 1 is 1.64 bits per heavy atom. The fourth-order valence-corrected chi connectivity index (χ4v) is 2.85. The van der Waals surface area contributed by atoms with Crippen LogP contribution in [0.2, 0.25) is 0 Å². The van der Waals surface area contributed by atoms with Crippen molar-refractivity contribution in [1.29, 1.82) is 0 Å². The molecule has 0 aromatic rings. The van der Waals surface area contributed by atoms with Crippen LogP contribution in [0.3, 0.4) is 0 Å². The Hall–Kier alpha value is 0.490. The number of hydrazine groups is 1. The molecule has 0 spiro atoms. The summed E-state index contributed by atoms with van der Waals surface area (Å²) in [6.07, 6.45) is 0. The van der Waals surface area contributed by atoms with Crippen molar-refractivity contribution in [3.05, 3.63) is 0 Å². The van der Waals surface area contributed by atoms with Gasteiger partial charge in [-0.1, -0.05) is 0 Å². The van der Waals surface area contributed by atoms with Gasteiger partial charge in [0.2, 0.25) is 6.57 Å². The maximum absolute atomic E-state index is 5.27. The molecule has 6 heteroatoms. The van der Waals surface area contributed by atoms with Crippen molar-refractivity contribution in [2.24, 2.45) is 5.84 Å². The van der Waals surface area contributed by atoms with Crippen LogP contribution < -0.4 is 16.1 Å². The third kappa shape index (κ3) is 4.85. The highest BCUT2D eigenvalue weighted by atomic mass is 32.4. The monoisotopic (exact) mass is 197 g/mol. The summed E-state index contributed by atoms with van der Waals surface area (Å²) in [5, 5.41) is 5.58. The molecule has 68 valence electrons. The van der Waals surface area contributed by atoms with Crippen LogP contribution >= 0.6 is 6.57 Å². The van der Waals surface area contributed by atoms with Crippen LogP contribution in [0.15, 0.2) is 0 Å². The van der Waals surface area contributed by atoms with Gasteiger partial charge in [-0.05, 0) is 32.6 Å². The molecule has 0 aliphatic rings. The van der Waals surface area contributed by atoms with E-state index in [4.69, 9.17) is 22.2 Å². The summed E-state index contributed by atoms with van der Waals surface area (Å²) in [6.45, 7) is 4.31. The van der Waals surface area contributed by atoms with Crippen molar-refractivity contribution in [1.82, 2.24) is 10.3 Å². The van der Waals surface area contributed by atoms with Crippen LogP contribution in [0.25, 0.3) is 0 Å². The largest absolute Gasteiger partial charge is 0.326 e. The van der Waals surface area contributed by atoms with Crippen molar-refractivity contribution in [3.63, 3.8) is 0 Å². The minimum absolute atomic E-state index is 0.281. The van der Waals surface area contributed by atoms with E-state index in [9.17, 15) is 0 Å². The topological polar surface area (TPSA) is 59.3 Å². The molecule has 1 unspecified atom stereocenters. The van der Waals surface area contributed by atoms with Crippen molar-refractivity contribution >= 4 is 18.4 Å². The molecule has 4 N–H and O–H groups in total. The smallest absolute Gasteiger partial charge is 0.211 e. The Morgan fingerprint density at radius 2 is 2.18 bits per heavy atom. The highest BCUT2D eigenvalue weighted by Crippen LogP contribution is 2.36. The normalized spacial score (nSPS) is 16.8. The lowest BCUT2D eigenvalue weighted by Gasteiger charge is -2.23. The van der Waals surface area contributed by atoms with Gasteiger partial charge in [-0.3, -0.25) is 10.9 Å². The summed E-state index contributed by atoms with van der Waals surface area (Å²) in [7, 11) is 0. The van der Waals surface area contributed by atoms with Crippen LogP contribution in [0.1, 0.15) is 20.8 Å². The Balaban J connectivity index is 4.00. The molecule has 0 radical (unpaired) electrons. The molecule has 0 bridgehead atoms. The van der Waals surface area contributed by atoms with E-state index in [2.05, 4.69) is 10.3 Å². The summed E-state index contributed by atoms with van der Waals surface area (Å²) in [5.74, 6) is 5.25. The first-order valence-electron chi connectivity index (χ1n) is 3.54. The Kier molecular flexibility index (Phi) is 5.42. The van der Waals surface area contributed by atoms with Gasteiger partial charge in [-0.2, -0.15) is 5.20 Å². The van der Waals surface area contributed by atoms with Gasteiger partial charge in [0.1, 0.15) is 0 Å². The fraction of sp³-hybridized carbons (Fsp3) is 1.00. The first kappa shape index (κ1) is 11.5. The van der Waals surface area contributed by atoms with Gasteiger partial charge in [-0.25, -0.2) is 0 Å². The van der Waals surface area contributed by atoms with Gasteiger partial charge in [-0.15, -0.1) is 0 Å². The predicted octanol–water partition coefficient (Wildman–Crippen LogP) is 0.709. The number of rotatable bonds is 5. The molecule has 0 heterocycles. The van der Waals surface area contributed by atoms with Crippen LogP contribution in [-0.2, 0) is 16.3 Å². The van der Waals surface area contributed by atoms with Crippen molar-refractivity contribution in [2.45, 2.75) is 26.8 Å². The SMILES string of the molecule is CCOP(=S)(NN)NC(C)C. The molecule has 0 saturated carbocycles. The molecular weight excluding hydrogens is 181 g/mol. The lowest BCUT2D eigenvalue weighted by molar-refractivity contribution is 0.360. The Labute approximate surface area is 73.0 Å².